The fourth-order valence-electron chi connectivity index (χ4n) is 2.28. The van der Waals surface area contributed by atoms with Gasteiger partial charge in [-0.3, -0.25) is 4.79 Å². The van der Waals surface area contributed by atoms with E-state index in [-0.39, 0.29) is 11.3 Å². The molecule has 0 aliphatic carbocycles. The number of nitrogens with one attached hydrogen (secondary N) is 2. The van der Waals surface area contributed by atoms with Crippen molar-refractivity contribution in [3.63, 3.8) is 0 Å². The Morgan fingerprint density at radius 1 is 1.61 bits per heavy atom. The molecule has 1 fully saturated rings. The van der Waals surface area contributed by atoms with Gasteiger partial charge in [0.25, 0.3) is 0 Å². The second-order valence-electron chi connectivity index (χ2n) is 5.38. The number of piperidine rings is 1. The van der Waals surface area contributed by atoms with E-state index in [4.69, 9.17) is 0 Å². The van der Waals surface area contributed by atoms with E-state index >= 15 is 0 Å². The van der Waals surface area contributed by atoms with Crippen molar-refractivity contribution in [2.75, 3.05) is 31.1 Å². The Morgan fingerprint density at radius 3 is 3.00 bits per heavy atom. The molecule has 0 radical (unpaired) electrons. The Labute approximate surface area is 115 Å². The summed E-state index contributed by atoms with van der Waals surface area (Å²) in [6, 6.07) is 0. The first kappa shape index (κ1) is 15.6. The third-order valence-corrected chi connectivity index (χ3v) is 4.63. The topological polar surface area (TPSA) is 41.1 Å². The molecule has 1 rings (SSSR count). The van der Waals surface area contributed by atoms with E-state index in [1.807, 2.05) is 6.08 Å². The molecule has 1 heterocycles. The molecule has 104 valence electrons. The lowest BCUT2D eigenvalue weighted by Gasteiger charge is -2.36. The monoisotopic (exact) mass is 270 g/mol. The largest absolute Gasteiger partial charge is 0.355 e. The zero-order chi connectivity index (χ0) is 13.4. The van der Waals surface area contributed by atoms with Crippen molar-refractivity contribution >= 4 is 17.7 Å². The summed E-state index contributed by atoms with van der Waals surface area (Å²) in [4.78, 5) is 12.2. The van der Waals surface area contributed by atoms with Crippen LogP contribution in [-0.2, 0) is 4.79 Å². The zero-order valence-electron chi connectivity index (χ0n) is 11.6. The molecule has 0 spiro atoms. The highest BCUT2D eigenvalue weighted by Crippen LogP contribution is 2.31. The van der Waals surface area contributed by atoms with Gasteiger partial charge in [-0.2, -0.15) is 11.8 Å². The number of hydrogen-bond acceptors (Lipinski definition) is 3. The van der Waals surface area contributed by atoms with Gasteiger partial charge < -0.3 is 10.6 Å². The Kier molecular flexibility index (Phi) is 6.79. The summed E-state index contributed by atoms with van der Waals surface area (Å²) in [7, 11) is 0. The van der Waals surface area contributed by atoms with Crippen LogP contribution in [0, 0.1) is 11.3 Å². The highest BCUT2D eigenvalue weighted by atomic mass is 32.2. The van der Waals surface area contributed by atoms with Crippen molar-refractivity contribution in [1.82, 2.24) is 10.6 Å². The Balaban J connectivity index is 2.31. The molecule has 18 heavy (non-hydrogen) atoms. The summed E-state index contributed by atoms with van der Waals surface area (Å²) in [6.07, 6.45) is 4.22. The fourth-order valence-corrected chi connectivity index (χ4v) is 2.86. The first-order chi connectivity index (χ1) is 8.59. The van der Waals surface area contributed by atoms with Gasteiger partial charge in [0.1, 0.15) is 0 Å². The highest BCUT2D eigenvalue weighted by Gasteiger charge is 2.36. The molecular weight excluding hydrogens is 244 g/mol. The summed E-state index contributed by atoms with van der Waals surface area (Å²) in [6.45, 7) is 10.6. The molecular formula is C14H26N2OS. The normalized spacial score (nSPS) is 20.4. The molecule has 0 bridgehead atoms. The molecule has 4 heteroatoms. The average molecular weight is 270 g/mol. The van der Waals surface area contributed by atoms with Gasteiger partial charge in [0.2, 0.25) is 5.91 Å². The van der Waals surface area contributed by atoms with Crippen molar-refractivity contribution in [3.05, 3.63) is 12.7 Å². The van der Waals surface area contributed by atoms with Crippen molar-refractivity contribution < 1.29 is 4.79 Å². The molecule has 1 unspecified atom stereocenters. The summed E-state index contributed by atoms with van der Waals surface area (Å²) >= 11 is 1.80. The van der Waals surface area contributed by atoms with Crippen molar-refractivity contribution in [2.24, 2.45) is 11.3 Å². The van der Waals surface area contributed by atoms with E-state index in [9.17, 15) is 4.79 Å². The molecule has 1 saturated heterocycles. The van der Waals surface area contributed by atoms with Crippen LogP contribution in [0.25, 0.3) is 0 Å². The van der Waals surface area contributed by atoms with Gasteiger partial charge in [-0.1, -0.05) is 19.9 Å². The van der Waals surface area contributed by atoms with E-state index < -0.39 is 0 Å². The minimum absolute atomic E-state index is 0.190. The lowest BCUT2D eigenvalue weighted by molar-refractivity contribution is -0.132. The summed E-state index contributed by atoms with van der Waals surface area (Å²) < 4.78 is 0. The van der Waals surface area contributed by atoms with Crippen LogP contribution >= 0.6 is 11.8 Å². The van der Waals surface area contributed by atoms with E-state index in [0.717, 1.165) is 37.6 Å². The van der Waals surface area contributed by atoms with Crippen molar-refractivity contribution in [2.45, 2.75) is 26.7 Å². The molecule has 0 aromatic rings. The maximum absolute atomic E-state index is 12.2. The lowest BCUT2D eigenvalue weighted by atomic mass is 9.74. The Hall–Kier alpha value is -0.480. The second-order valence-corrected chi connectivity index (χ2v) is 6.53. The molecule has 1 aliphatic heterocycles. The maximum Gasteiger partial charge on any atom is 0.226 e. The smallest absolute Gasteiger partial charge is 0.226 e. The minimum atomic E-state index is -0.267. The van der Waals surface area contributed by atoms with Crippen LogP contribution in [0.5, 0.6) is 0 Å². The van der Waals surface area contributed by atoms with Gasteiger partial charge in [-0.25, -0.2) is 0 Å². The van der Waals surface area contributed by atoms with Gasteiger partial charge in [-0.05, 0) is 31.8 Å². The van der Waals surface area contributed by atoms with Gasteiger partial charge in [0.15, 0.2) is 0 Å². The van der Waals surface area contributed by atoms with E-state index in [1.54, 1.807) is 11.8 Å². The Morgan fingerprint density at radius 2 is 2.39 bits per heavy atom. The molecule has 1 atom stereocenters. The fraction of sp³-hybridized carbons (Fsp3) is 0.786. The third kappa shape index (κ3) is 4.65. The van der Waals surface area contributed by atoms with E-state index in [1.165, 1.54) is 6.42 Å². The van der Waals surface area contributed by atoms with Crippen LogP contribution in [0.2, 0.25) is 0 Å². The summed E-state index contributed by atoms with van der Waals surface area (Å²) in [5, 5.41) is 6.44. The minimum Gasteiger partial charge on any atom is -0.355 e. The molecule has 0 aromatic heterocycles. The van der Waals surface area contributed by atoms with Crippen LogP contribution < -0.4 is 10.6 Å². The standard InChI is InChI=1S/C14H26N2OS/c1-4-9-18-10-8-16-13(17)14(2,3)12-6-5-7-15-11-12/h4,12,15H,1,5-11H2,2-3H3,(H,16,17). The number of amides is 1. The highest BCUT2D eigenvalue weighted by molar-refractivity contribution is 7.99. The molecule has 1 aliphatic rings. The van der Waals surface area contributed by atoms with Gasteiger partial charge >= 0.3 is 0 Å². The first-order valence-electron chi connectivity index (χ1n) is 6.76. The van der Waals surface area contributed by atoms with Crippen LogP contribution in [0.15, 0.2) is 12.7 Å². The molecule has 3 nitrogen and oxygen atoms in total. The van der Waals surface area contributed by atoms with Crippen LogP contribution in [0.1, 0.15) is 26.7 Å². The van der Waals surface area contributed by atoms with Crippen LogP contribution in [0.3, 0.4) is 0 Å². The van der Waals surface area contributed by atoms with E-state index in [2.05, 4.69) is 31.1 Å². The number of carbonyl (C=O) groups is 1. The maximum atomic E-state index is 12.2. The van der Waals surface area contributed by atoms with Gasteiger partial charge in [0.05, 0.1) is 0 Å². The third-order valence-electron chi connectivity index (χ3n) is 3.67. The number of hydrogen-bond donors (Lipinski definition) is 2. The number of rotatable bonds is 7. The van der Waals surface area contributed by atoms with E-state index in [0.29, 0.717) is 5.92 Å². The number of thioether (sulfide) groups is 1. The molecule has 0 saturated carbocycles. The SMILES string of the molecule is C=CCSCCNC(=O)C(C)(C)C1CCCNC1. The Bertz CT molecular complexity index is 273. The molecule has 1 amide bonds. The quantitative estimate of drug-likeness (QED) is 0.549. The predicted octanol–water partition coefficient (Wildman–Crippen LogP) is 2.05. The first-order valence-corrected chi connectivity index (χ1v) is 7.92. The molecule has 0 aromatic carbocycles. The predicted molar refractivity (Wildman–Crippen MR) is 79.9 cm³/mol. The second kappa shape index (κ2) is 7.85. The van der Waals surface area contributed by atoms with Crippen molar-refractivity contribution in [1.29, 1.82) is 0 Å². The van der Waals surface area contributed by atoms with Crippen molar-refractivity contribution in [3.8, 4) is 0 Å². The van der Waals surface area contributed by atoms with Crippen LogP contribution in [-0.4, -0.2) is 37.0 Å². The zero-order valence-corrected chi connectivity index (χ0v) is 12.4. The average Bonchev–Trinajstić information content (AvgIpc) is 2.39. The van der Waals surface area contributed by atoms with Gasteiger partial charge in [0, 0.05) is 23.5 Å². The summed E-state index contributed by atoms with van der Waals surface area (Å²) in [5.74, 6) is 2.55. The van der Waals surface area contributed by atoms with Gasteiger partial charge in [-0.15, -0.1) is 6.58 Å². The lowest BCUT2D eigenvalue weighted by Crippen LogP contribution is -2.47. The molecule has 2 N–H and O–H groups in total. The van der Waals surface area contributed by atoms with Crippen LogP contribution in [0.4, 0.5) is 0 Å². The summed E-state index contributed by atoms with van der Waals surface area (Å²) in [5.41, 5.74) is -0.267. The number of carbonyl (C=O) groups excluding carboxylic acids is 1.